The van der Waals surface area contributed by atoms with Gasteiger partial charge in [0.1, 0.15) is 5.75 Å². The van der Waals surface area contributed by atoms with Crippen molar-refractivity contribution in [3.05, 3.63) is 88.9 Å². The Bertz CT molecular complexity index is 1100. The largest absolute Gasteiger partial charge is 0.484 e. The molecule has 7 heteroatoms. The van der Waals surface area contributed by atoms with Gasteiger partial charge >= 0.3 is 0 Å². The zero-order valence-corrected chi connectivity index (χ0v) is 15.8. The quantitative estimate of drug-likeness (QED) is 0.645. The second-order valence-electron chi connectivity index (χ2n) is 6.30. The van der Waals surface area contributed by atoms with E-state index in [0.717, 1.165) is 4.90 Å². The first-order valence-corrected chi connectivity index (χ1v) is 9.17. The van der Waals surface area contributed by atoms with Crippen LogP contribution in [-0.2, 0) is 4.79 Å². The van der Waals surface area contributed by atoms with Crippen LogP contribution >= 0.6 is 11.6 Å². The lowest BCUT2D eigenvalue weighted by atomic mass is 10.1. The molecule has 0 saturated carbocycles. The van der Waals surface area contributed by atoms with Crippen LogP contribution in [0.4, 0.5) is 11.4 Å². The van der Waals surface area contributed by atoms with Crippen LogP contribution in [0.15, 0.2) is 72.8 Å². The SMILES string of the molecule is O=C(COc1ccc(Cl)cc1)Nc1cccc2c1C(=O)N(c1ccccc1)C2=O. The zero-order valence-electron chi connectivity index (χ0n) is 15.1. The first kappa shape index (κ1) is 18.7. The minimum Gasteiger partial charge on any atom is -0.484 e. The van der Waals surface area contributed by atoms with Gasteiger partial charge in [-0.2, -0.15) is 0 Å². The highest BCUT2D eigenvalue weighted by atomic mass is 35.5. The van der Waals surface area contributed by atoms with Crippen molar-refractivity contribution in [2.75, 3.05) is 16.8 Å². The van der Waals surface area contributed by atoms with E-state index in [4.69, 9.17) is 16.3 Å². The molecular formula is C22H15ClN2O4. The Morgan fingerprint density at radius 3 is 2.34 bits per heavy atom. The van der Waals surface area contributed by atoms with E-state index in [-0.39, 0.29) is 23.4 Å². The summed E-state index contributed by atoms with van der Waals surface area (Å²) < 4.78 is 5.42. The van der Waals surface area contributed by atoms with E-state index in [1.54, 1.807) is 72.8 Å². The Morgan fingerprint density at radius 2 is 1.62 bits per heavy atom. The first-order valence-electron chi connectivity index (χ1n) is 8.79. The molecule has 1 N–H and O–H groups in total. The molecule has 0 bridgehead atoms. The van der Waals surface area contributed by atoms with Gasteiger partial charge in [-0.3, -0.25) is 14.4 Å². The summed E-state index contributed by atoms with van der Waals surface area (Å²) in [6, 6.07) is 20.0. The van der Waals surface area contributed by atoms with Gasteiger partial charge in [-0.25, -0.2) is 4.90 Å². The van der Waals surface area contributed by atoms with E-state index in [2.05, 4.69) is 5.32 Å². The van der Waals surface area contributed by atoms with Gasteiger partial charge in [-0.05, 0) is 48.5 Å². The van der Waals surface area contributed by atoms with Crippen LogP contribution in [0, 0.1) is 0 Å². The molecule has 144 valence electrons. The number of anilines is 2. The van der Waals surface area contributed by atoms with Gasteiger partial charge in [-0.1, -0.05) is 35.9 Å². The van der Waals surface area contributed by atoms with Crippen LogP contribution in [0.25, 0.3) is 0 Å². The van der Waals surface area contributed by atoms with Crippen LogP contribution in [0.1, 0.15) is 20.7 Å². The molecule has 0 unspecified atom stereocenters. The average Bonchev–Trinajstić information content (AvgIpc) is 2.99. The van der Waals surface area contributed by atoms with Gasteiger partial charge in [0, 0.05) is 5.02 Å². The predicted octanol–water partition coefficient (Wildman–Crippen LogP) is 4.16. The summed E-state index contributed by atoms with van der Waals surface area (Å²) in [5.41, 5.74) is 1.16. The Labute approximate surface area is 171 Å². The summed E-state index contributed by atoms with van der Waals surface area (Å²) in [6.45, 7) is -0.254. The minimum absolute atomic E-state index is 0.168. The normalized spacial score (nSPS) is 12.7. The Morgan fingerprint density at radius 1 is 0.897 bits per heavy atom. The van der Waals surface area contributed by atoms with Crippen molar-refractivity contribution >= 4 is 40.7 Å². The molecule has 3 aromatic rings. The summed E-state index contributed by atoms with van der Waals surface area (Å²) in [6.07, 6.45) is 0. The van der Waals surface area contributed by atoms with Crippen molar-refractivity contribution < 1.29 is 19.1 Å². The molecule has 1 aliphatic heterocycles. The lowest BCUT2D eigenvalue weighted by Crippen LogP contribution is -2.29. The lowest BCUT2D eigenvalue weighted by Gasteiger charge is -2.14. The molecule has 0 radical (unpaired) electrons. The molecule has 1 heterocycles. The highest BCUT2D eigenvalue weighted by Gasteiger charge is 2.38. The number of ether oxygens (including phenoxy) is 1. The summed E-state index contributed by atoms with van der Waals surface area (Å²) in [5, 5.41) is 3.22. The highest BCUT2D eigenvalue weighted by molar-refractivity contribution is 6.36. The number of hydrogen-bond acceptors (Lipinski definition) is 4. The average molecular weight is 407 g/mol. The molecular weight excluding hydrogens is 392 g/mol. The Balaban J connectivity index is 1.52. The number of halogens is 1. The standard InChI is InChI=1S/C22H15ClN2O4/c23-14-9-11-16(12-10-14)29-13-19(26)24-18-8-4-7-17-20(18)22(28)25(21(17)27)15-5-2-1-3-6-15/h1-12H,13H2,(H,24,26). The molecule has 0 aliphatic carbocycles. The number of rotatable bonds is 5. The number of fused-ring (bicyclic) bond motifs is 1. The van der Waals surface area contributed by atoms with Gasteiger partial charge in [0.15, 0.2) is 6.61 Å². The molecule has 1 aliphatic rings. The molecule has 3 amide bonds. The number of benzene rings is 3. The number of nitrogens with one attached hydrogen (secondary N) is 1. The van der Waals surface area contributed by atoms with Gasteiger partial charge in [-0.15, -0.1) is 0 Å². The Kier molecular flexibility index (Phi) is 5.01. The summed E-state index contributed by atoms with van der Waals surface area (Å²) in [5.74, 6) is -0.869. The van der Waals surface area contributed by atoms with E-state index in [0.29, 0.717) is 16.5 Å². The molecule has 6 nitrogen and oxygen atoms in total. The molecule has 29 heavy (non-hydrogen) atoms. The number of para-hydroxylation sites is 1. The highest BCUT2D eigenvalue weighted by Crippen LogP contribution is 2.32. The van der Waals surface area contributed by atoms with Crippen LogP contribution in [0.5, 0.6) is 5.75 Å². The van der Waals surface area contributed by atoms with Crippen LogP contribution < -0.4 is 15.0 Å². The van der Waals surface area contributed by atoms with Crippen molar-refractivity contribution in [1.82, 2.24) is 0 Å². The fourth-order valence-electron chi connectivity index (χ4n) is 3.07. The van der Waals surface area contributed by atoms with Crippen LogP contribution in [-0.4, -0.2) is 24.3 Å². The van der Waals surface area contributed by atoms with Crippen LogP contribution in [0.2, 0.25) is 5.02 Å². The number of nitrogens with zero attached hydrogens (tertiary/aromatic N) is 1. The van der Waals surface area contributed by atoms with E-state index >= 15 is 0 Å². The molecule has 0 aromatic heterocycles. The topological polar surface area (TPSA) is 75.7 Å². The second kappa shape index (κ2) is 7.77. The maximum atomic E-state index is 12.9. The molecule has 0 atom stereocenters. The maximum Gasteiger partial charge on any atom is 0.268 e. The number of imide groups is 1. The minimum atomic E-state index is -0.481. The van der Waals surface area contributed by atoms with Gasteiger partial charge < -0.3 is 10.1 Å². The van der Waals surface area contributed by atoms with Crippen molar-refractivity contribution in [2.24, 2.45) is 0 Å². The third-order valence-electron chi connectivity index (χ3n) is 4.39. The molecule has 0 fully saturated rings. The Hall–Kier alpha value is -3.64. The fourth-order valence-corrected chi connectivity index (χ4v) is 3.19. The predicted molar refractivity (Wildman–Crippen MR) is 110 cm³/mol. The van der Waals surface area contributed by atoms with Crippen molar-refractivity contribution in [2.45, 2.75) is 0 Å². The van der Waals surface area contributed by atoms with Gasteiger partial charge in [0.25, 0.3) is 17.7 Å². The van der Waals surface area contributed by atoms with Crippen molar-refractivity contribution in [3.63, 3.8) is 0 Å². The van der Waals surface area contributed by atoms with Crippen molar-refractivity contribution in [1.29, 1.82) is 0 Å². The third kappa shape index (κ3) is 3.70. The fraction of sp³-hybridized carbons (Fsp3) is 0.0455. The first-order chi connectivity index (χ1) is 14.0. The van der Waals surface area contributed by atoms with Crippen LogP contribution in [0.3, 0.4) is 0 Å². The van der Waals surface area contributed by atoms with Gasteiger partial charge in [0.05, 0.1) is 22.5 Å². The van der Waals surface area contributed by atoms with Crippen molar-refractivity contribution in [3.8, 4) is 5.75 Å². The number of carbonyl (C=O) groups excluding carboxylic acids is 3. The number of carbonyl (C=O) groups is 3. The maximum absolute atomic E-state index is 12.9. The smallest absolute Gasteiger partial charge is 0.268 e. The monoisotopic (exact) mass is 406 g/mol. The van der Waals surface area contributed by atoms with E-state index < -0.39 is 17.7 Å². The number of hydrogen-bond donors (Lipinski definition) is 1. The molecule has 3 aromatic carbocycles. The summed E-state index contributed by atoms with van der Waals surface area (Å²) >= 11 is 5.82. The summed E-state index contributed by atoms with van der Waals surface area (Å²) in [4.78, 5) is 39.1. The van der Waals surface area contributed by atoms with E-state index in [1.807, 2.05) is 0 Å². The second-order valence-corrected chi connectivity index (χ2v) is 6.74. The third-order valence-corrected chi connectivity index (χ3v) is 4.64. The lowest BCUT2D eigenvalue weighted by molar-refractivity contribution is -0.118. The van der Waals surface area contributed by atoms with Gasteiger partial charge in [0.2, 0.25) is 0 Å². The molecule has 0 spiro atoms. The van der Waals surface area contributed by atoms with E-state index in [1.165, 1.54) is 0 Å². The zero-order chi connectivity index (χ0) is 20.4. The van der Waals surface area contributed by atoms with E-state index in [9.17, 15) is 14.4 Å². The number of amides is 3. The summed E-state index contributed by atoms with van der Waals surface area (Å²) in [7, 11) is 0. The molecule has 4 rings (SSSR count). The molecule has 0 saturated heterocycles.